The Morgan fingerprint density at radius 1 is 1.43 bits per heavy atom. The van der Waals surface area contributed by atoms with E-state index in [1.807, 2.05) is 10.6 Å². The van der Waals surface area contributed by atoms with Crippen LogP contribution in [0.15, 0.2) is 24.5 Å². The maximum absolute atomic E-state index is 11.1. The lowest BCUT2D eigenvalue weighted by molar-refractivity contribution is 0.0693. The number of nitrogens with zero attached hydrogens (tertiary/aromatic N) is 4. The van der Waals surface area contributed by atoms with Crippen LogP contribution in [0.2, 0.25) is 0 Å². The van der Waals surface area contributed by atoms with Gasteiger partial charge in [-0.05, 0) is 17.7 Å². The van der Waals surface area contributed by atoms with E-state index in [-0.39, 0.29) is 5.56 Å². The number of carboxylic acids is 1. The van der Waals surface area contributed by atoms with Crippen LogP contribution in [-0.2, 0) is 19.6 Å². The molecular weight excluding hydrogens is 272 g/mol. The predicted molar refractivity (Wildman–Crippen MR) is 74.1 cm³/mol. The number of carboxylic acid groups (broad SMARTS) is 1. The number of methoxy groups -OCH3 is 1. The second kappa shape index (κ2) is 5.53. The average molecular weight is 288 g/mol. The third-order valence-corrected chi connectivity index (χ3v) is 3.62. The van der Waals surface area contributed by atoms with Crippen LogP contribution >= 0.6 is 0 Å². The lowest BCUT2D eigenvalue weighted by Crippen LogP contribution is -2.33. The van der Waals surface area contributed by atoms with Gasteiger partial charge < -0.3 is 14.4 Å². The van der Waals surface area contributed by atoms with E-state index in [0.29, 0.717) is 5.75 Å². The molecule has 0 bridgehead atoms. The maximum Gasteiger partial charge on any atom is 0.339 e. The van der Waals surface area contributed by atoms with Crippen molar-refractivity contribution < 1.29 is 14.6 Å². The third-order valence-electron chi connectivity index (χ3n) is 3.62. The first-order valence-corrected chi connectivity index (χ1v) is 6.66. The molecule has 1 aromatic heterocycles. The summed E-state index contributed by atoms with van der Waals surface area (Å²) >= 11 is 0. The first-order valence-electron chi connectivity index (χ1n) is 6.66. The van der Waals surface area contributed by atoms with Crippen molar-refractivity contribution in [3.63, 3.8) is 0 Å². The smallest absolute Gasteiger partial charge is 0.339 e. The van der Waals surface area contributed by atoms with E-state index >= 15 is 0 Å². The summed E-state index contributed by atoms with van der Waals surface area (Å²) in [5.74, 6) is 0.361. The largest absolute Gasteiger partial charge is 0.496 e. The highest BCUT2D eigenvalue weighted by molar-refractivity contribution is 5.90. The summed E-state index contributed by atoms with van der Waals surface area (Å²) in [6.07, 6.45) is 1.75. The van der Waals surface area contributed by atoms with Crippen LogP contribution in [0.1, 0.15) is 21.7 Å². The Morgan fingerprint density at radius 2 is 2.29 bits per heavy atom. The van der Waals surface area contributed by atoms with Crippen LogP contribution in [-0.4, -0.2) is 44.4 Å². The van der Waals surface area contributed by atoms with E-state index in [9.17, 15) is 4.79 Å². The first-order chi connectivity index (χ1) is 10.2. The van der Waals surface area contributed by atoms with Crippen molar-refractivity contribution in [3.05, 3.63) is 41.5 Å². The Kier molecular flexibility index (Phi) is 3.57. The molecule has 3 rings (SSSR count). The zero-order valence-corrected chi connectivity index (χ0v) is 11.7. The first kappa shape index (κ1) is 13.6. The van der Waals surface area contributed by atoms with Gasteiger partial charge in [0.2, 0.25) is 0 Å². The molecule has 7 heteroatoms. The number of ether oxygens (including phenoxy) is 1. The van der Waals surface area contributed by atoms with E-state index in [1.165, 1.54) is 7.11 Å². The van der Waals surface area contributed by atoms with Crippen LogP contribution in [0.4, 0.5) is 0 Å². The highest BCUT2D eigenvalue weighted by atomic mass is 16.5. The molecule has 2 heterocycles. The Morgan fingerprint density at radius 3 is 3.05 bits per heavy atom. The van der Waals surface area contributed by atoms with Gasteiger partial charge in [0.15, 0.2) is 0 Å². The second-order valence-corrected chi connectivity index (χ2v) is 4.99. The van der Waals surface area contributed by atoms with Crippen molar-refractivity contribution in [3.8, 4) is 5.75 Å². The van der Waals surface area contributed by atoms with Crippen molar-refractivity contribution >= 4 is 5.97 Å². The molecule has 0 unspecified atom stereocenters. The summed E-state index contributed by atoms with van der Waals surface area (Å²) in [5, 5.41) is 17.1. The lowest BCUT2D eigenvalue weighted by atomic mass is 10.1. The fraction of sp³-hybridized carbons (Fsp3) is 0.357. The number of fused-ring (bicyclic) bond motifs is 1. The molecular formula is C14H16N4O3. The second-order valence-electron chi connectivity index (χ2n) is 4.99. The van der Waals surface area contributed by atoms with Crippen molar-refractivity contribution in [2.24, 2.45) is 0 Å². The van der Waals surface area contributed by atoms with Crippen LogP contribution in [0.5, 0.6) is 5.75 Å². The van der Waals surface area contributed by atoms with Gasteiger partial charge in [-0.2, -0.15) is 0 Å². The number of hydrogen-bond acceptors (Lipinski definition) is 5. The number of aromatic carboxylic acids is 1. The molecule has 1 N–H and O–H groups in total. The molecule has 2 aromatic rings. The summed E-state index contributed by atoms with van der Waals surface area (Å²) in [4.78, 5) is 13.3. The van der Waals surface area contributed by atoms with Crippen molar-refractivity contribution in [2.75, 3.05) is 13.7 Å². The molecule has 21 heavy (non-hydrogen) atoms. The normalized spacial score (nSPS) is 14.7. The summed E-state index contributed by atoms with van der Waals surface area (Å²) in [6, 6.07) is 5.19. The van der Waals surface area contributed by atoms with Gasteiger partial charge in [0, 0.05) is 19.6 Å². The molecule has 7 nitrogen and oxygen atoms in total. The Balaban J connectivity index is 1.75. The fourth-order valence-electron chi connectivity index (χ4n) is 2.52. The number of carbonyl (C=O) groups is 1. The minimum atomic E-state index is -0.982. The molecule has 0 saturated carbocycles. The van der Waals surface area contributed by atoms with Gasteiger partial charge in [-0.3, -0.25) is 4.90 Å². The molecule has 0 aliphatic carbocycles. The quantitative estimate of drug-likeness (QED) is 0.904. The molecule has 1 aliphatic heterocycles. The summed E-state index contributed by atoms with van der Waals surface area (Å²) in [6.45, 7) is 3.24. The standard InChI is InChI=1S/C14H16N4O3/c1-21-12-6-10(2-3-11(12)14(19)20)7-17-4-5-18-9-15-16-13(18)8-17/h2-3,6,9H,4-5,7-8H2,1H3,(H,19,20). The summed E-state index contributed by atoms with van der Waals surface area (Å²) in [7, 11) is 1.48. The van der Waals surface area contributed by atoms with Crippen molar-refractivity contribution in [2.45, 2.75) is 19.6 Å². The molecule has 0 saturated heterocycles. The summed E-state index contributed by atoms with van der Waals surface area (Å²) < 4.78 is 7.20. The Bertz CT molecular complexity index is 668. The molecule has 1 aromatic carbocycles. The van der Waals surface area contributed by atoms with Gasteiger partial charge in [-0.25, -0.2) is 4.79 Å². The Hall–Kier alpha value is -2.41. The molecule has 0 atom stereocenters. The highest BCUT2D eigenvalue weighted by Gasteiger charge is 2.18. The average Bonchev–Trinajstić information content (AvgIpc) is 2.94. The van der Waals surface area contributed by atoms with E-state index in [1.54, 1.807) is 18.5 Å². The van der Waals surface area contributed by atoms with E-state index in [2.05, 4.69) is 15.1 Å². The maximum atomic E-state index is 11.1. The van der Waals surface area contributed by atoms with Crippen molar-refractivity contribution in [1.29, 1.82) is 0 Å². The van der Waals surface area contributed by atoms with E-state index in [4.69, 9.17) is 9.84 Å². The molecule has 0 radical (unpaired) electrons. The molecule has 0 spiro atoms. The van der Waals surface area contributed by atoms with Gasteiger partial charge in [-0.1, -0.05) is 6.07 Å². The van der Waals surface area contributed by atoms with Gasteiger partial charge in [0.05, 0.1) is 13.7 Å². The topological polar surface area (TPSA) is 80.5 Å². The minimum absolute atomic E-state index is 0.180. The fourth-order valence-corrected chi connectivity index (χ4v) is 2.52. The zero-order valence-electron chi connectivity index (χ0n) is 11.7. The molecule has 0 amide bonds. The third kappa shape index (κ3) is 2.73. The van der Waals surface area contributed by atoms with Crippen LogP contribution < -0.4 is 4.74 Å². The van der Waals surface area contributed by atoms with Crippen LogP contribution in [0, 0.1) is 0 Å². The van der Waals surface area contributed by atoms with Crippen LogP contribution in [0.25, 0.3) is 0 Å². The molecule has 110 valence electrons. The zero-order chi connectivity index (χ0) is 14.8. The number of hydrogen-bond donors (Lipinski definition) is 1. The van der Waals surface area contributed by atoms with E-state index < -0.39 is 5.97 Å². The number of aromatic nitrogens is 3. The van der Waals surface area contributed by atoms with Gasteiger partial charge in [-0.15, -0.1) is 10.2 Å². The predicted octanol–water partition coefficient (Wildman–Crippen LogP) is 1.00. The van der Waals surface area contributed by atoms with Gasteiger partial charge >= 0.3 is 5.97 Å². The van der Waals surface area contributed by atoms with Crippen molar-refractivity contribution in [1.82, 2.24) is 19.7 Å². The highest BCUT2D eigenvalue weighted by Crippen LogP contribution is 2.22. The summed E-state index contributed by atoms with van der Waals surface area (Å²) in [5.41, 5.74) is 1.20. The van der Waals surface area contributed by atoms with E-state index in [0.717, 1.165) is 37.6 Å². The van der Waals surface area contributed by atoms with Gasteiger partial charge in [0.25, 0.3) is 0 Å². The minimum Gasteiger partial charge on any atom is -0.496 e. The van der Waals surface area contributed by atoms with Crippen LogP contribution in [0.3, 0.4) is 0 Å². The number of benzene rings is 1. The SMILES string of the molecule is COc1cc(CN2CCn3cnnc3C2)ccc1C(=O)O. The molecule has 0 fully saturated rings. The monoisotopic (exact) mass is 288 g/mol. The van der Waals surface area contributed by atoms with Gasteiger partial charge in [0.1, 0.15) is 23.5 Å². The Labute approximate surface area is 121 Å². The molecule has 1 aliphatic rings. The number of rotatable bonds is 4. The lowest BCUT2D eigenvalue weighted by Gasteiger charge is -2.27.